The van der Waals surface area contributed by atoms with E-state index in [2.05, 4.69) is 15.0 Å². The quantitative estimate of drug-likeness (QED) is 0.0986. The molecule has 0 fully saturated rings. The van der Waals surface area contributed by atoms with Crippen LogP contribution in [0.4, 0.5) is 0 Å². The molecule has 0 aliphatic carbocycles. The molecule has 12 nitrogen and oxygen atoms in total. The Morgan fingerprint density at radius 3 is 2.48 bits per heavy atom. The van der Waals surface area contributed by atoms with Crippen molar-refractivity contribution in [3.05, 3.63) is 51.0 Å². The van der Waals surface area contributed by atoms with Crippen molar-refractivity contribution < 1.29 is 39.2 Å². The number of aromatic hydroxyl groups is 4. The Morgan fingerprint density at radius 1 is 0.968 bits per heavy atom. The summed E-state index contributed by atoms with van der Waals surface area (Å²) in [7, 11) is 0. The van der Waals surface area contributed by atoms with Crippen molar-refractivity contribution in [1.82, 2.24) is 0 Å². The molecule has 3 rings (SSSR count). The minimum absolute atomic E-state index is 0.0254. The number of phenolic OH excluding ortho intramolecular Hbond substituents is 4. The van der Waals surface area contributed by atoms with Gasteiger partial charge in [-0.25, -0.2) is 0 Å². The van der Waals surface area contributed by atoms with E-state index in [0.29, 0.717) is 0 Å². The second-order valence-corrected chi connectivity index (χ2v) is 6.10. The molecular weight excluding hydrogens is 414 g/mol. The summed E-state index contributed by atoms with van der Waals surface area (Å²) in [6.45, 7) is 0.0810. The van der Waals surface area contributed by atoms with Gasteiger partial charge < -0.3 is 39.2 Å². The average Bonchev–Trinajstić information content (AvgIpc) is 2.72. The topological polar surface area (TPSA) is 188 Å². The molecule has 0 unspecified atom stereocenters. The van der Waals surface area contributed by atoms with Crippen LogP contribution < -0.4 is 10.2 Å². The van der Waals surface area contributed by atoms with Crippen molar-refractivity contribution in [3.63, 3.8) is 0 Å². The van der Waals surface area contributed by atoms with Crippen LogP contribution in [0.15, 0.2) is 44.8 Å². The largest absolute Gasteiger partial charge is 0.508 e. The SMILES string of the molecule is [N-]=[N+]=NOCCOCCOc1c(-c2ccc(O)c(O)c2)oc2cc(O)cc(O)c2c1=O. The number of phenols is 4. The van der Waals surface area contributed by atoms with Gasteiger partial charge in [0.25, 0.3) is 0 Å². The van der Waals surface area contributed by atoms with Crippen molar-refractivity contribution in [2.24, 2.45) is 5.28 Å². The monoisotopic (exact) mass is 431 g/mol. The molecule has 0 spiro atoms. The van der Waals surface area contributed by atoms with E-state index in [9.17, 15) is 25.2 Å². The summed E-state index contributed by atoms with van der Waals surface area (Å²) in [5.74, 6) is -2.01. The summed E-state index contributed by atoms with van der Waals surface area (Å²) in [6, 6.07) is 5.89. The molecule has 12 heteroatoms. The van der Waals surface area contributed by atoms with Crippen LogP contribution >= 0.6 is 0 Å². The minimum atomic E-state index is -0.715. The minimum Gasteiger partial charge on any atom is -0.508 e. The average molecular weight is 431 g/mol. The van der Waals surface area contributed by atoms with Crippen LogP contribution in [0, 0.1) is 0 Å². The van der Waals surface area contributed by atoms with Gasteiger partial charge in [0.1, 0.15) is 41.0 Å². The molecule has 0 amide bonds. The molecule has 0 bridgehead atoms. The number of ether oxygens (including phenoxy) is 2. The molecule has 31 heavy (non-hydrogen) atoms. The molecule has 2 aromatic carbocycles. The zero-order valence-electron chi connectivity index (χ0n) is 15.9. The predicted octanol–water partition coefficient (Wildman–Crippen LogP) is 2.92. The summed E-state index contributed by atoms with van der Waals surface area (Å²) < 4.78 is 16.5. The van der Waals surface area contributed by atoms with Gasteiger partial charge in [-0.15, -0.1) is 0 Å². The van der Waals surface area contributed by atoms with Crippen LogP contribution in [-0.2, 0) is 9.57 Å². The highest BCUT2D eigenvalue weighted by atomic mass is 16.7. The maximum Gasteiger partial charge on any atom is 0.239 e. The lowest BCUT2D eigenvalue weighted by Gasteiger charge is -2.13. The molecule has 0 saturated carbocycles. The second-order valence-electron chi connectivity index (χ2n) is 6.10. The molecule has 4 N–H and O–H groups in total. The third-order valence-electron chi connectivity index (χ3n) is 4.04. The molecule has 0 aliphatic rings. The number of benzene rings is 2. The lowest BCUT2D eigenvalue weighted by molar-refractivity contribution is 0.0365. The van der Waals surface area contributed by atoms with Crippen LogP contribution in [0.5, 0.6) is 28.7 Å². The van der Waals surface area contributed by atoms with Gasteiger partial charge in [-0.2, -0.15) is 0 Å². The zero-order valence-corrected chi connectivity index (χ0v) is 15.9. The Balaban J connectivity index is 1.93. The van der Waals surface area contributed by atoms with E-state index in [1.165, 1.54) is 18.2 Å². The van der Waals surface area contributed by atoms with Crippen LogP contribution in [-0.4, -0.2) is 46.9 Å². The fourth-order valence-electron chi connectivity index (χ4n) is 2.72. The molecule has 0 atom stereocenters. The van der Waals surface area contributed by atoms with E-state index < -0.39 is 16.9 Å². The fourth-order valence-corrected chi connectivity index (χ4v) is 2.72. The lowest BCUT2D eigenvalue weighted by atomic mass is 10.1. The van der Waals surface area contributed by atoms with E-state index in [4.69, 9.17) is 19.4 Å². The Hall–Kier alpha value is -4.28. The summed E-state index contributed by atoms with van der Waals surface area (Å²) >= 11 is 0. The first-order valence-corrected chi connectivity index (χ1v) is 8.84. The molecule has 1 heterocycles. The van der Waals surface area contributed by atoms with Crippen molar-refractivity contribution in [2.45, 2.75) is 0 Å². The van der Waals surface area contributed by atoms with Gasteiger partial charge in [0.05, 0.1) is 13.2 Å². The van der Waals surface area contributed by atoms with E-state index in [0.717, 1.165) is 12.1 Å². The number of rotatable bonds is 9. The van der Waals surface area contributed by atoms with E-state index in [1.54, 1.807) is 0 Å². The Labute approximate surface area is 173 Å². The van der Waals surface area contributed by atoms with Gasteiger partial charge in [-0.3, -0.25) is 4.79 Å². The molecule has 1 aromatic heterocycles. The first-order chi connectivity index (χ1) is 14.9. The first kappa shape index (κ1) is 21.4. The van der Waals surface area contributed by atoms with Crippen molar-refractivity contribution in [3.8, 4) is 40.1 Å². The normalized spacial score (nSPS) is 10.6. The van der Waals surface area contributed by atoms with Gasteiger partial charge in [-0.1, -0.05) is 0 Å². The third-order valence-corrected chi connectivity index (χ3v) is 4.04. The second kappa shape index (κ2) is 9.48. The van der Waals surface area contributed by atoms with Crippen LogP contribution in [0.3, 0.4) is 0 Å². The van der Waals surface area contributed by atoms with Crippen LogP contribution in [0.1, 0.15) is 0 Å². The smallest absolute Gasteiger partial charge is 0.239 e. The van der Waals surface area contributed by atoms with Crippen molar-refractivity contribution in [2.75, 3.05) is 26.4 Å². The van der Waals surface area contributed by atoms with E-state index >= 15 is 0 Å². The standard InChI is InChI=1S/C19H17N3O9/c20-21-22-30-6-4-28-3-5-29-19-17(27)16-14(26)8-11(23)9-15(16)31-18(19)10-1-2-12(24)13(25)7-10/h1-2,7-9,23-26H,3-6H2. The molecule has 0 saturated heterocycles. The van der Waals surface area contributed by atoms with E-state index in [-0.39, 0.29) is 66.0 Å². The maximum atomic E-state index is 13.0. The summed E-state index contributed by atoms with van der Waals surface area (Å²) in [5.41, 5.74) is 7.48. The van der Waals surface area contributed by atoms with Gasteiger partial charge in [0.2, 0.25) is 11.2 Å². The van der Waals surface area contributed by atoms with Gasteiger partial charge >= 0.3 is 0 Å². The molecule has 162 valence electrons. The predicted molar refractivity (Wildman–Crippen MR) is 106 cm³/mol. The molecule has 0 aliphatic heterocycles. The van der Waals surface area contributed by atoms with Crippen molar-refractivity contribution in [1.29, 1.82) is 0 Å². The number of nitrogens with zero attached hydrogens (tertiary/aromatic N) is 3. The fraction of sp³-hybridized carbons (Fsp3) is 0.211. The van der Waals surface area contributed by atoms with E-state index in [1.807, 2.05) is 0 Å². The molecule has 0 radical (unpaired) electrons. The van der Waals surface area contributed by atoms with Gasteiger partial charge in [-0.05, 0) is 23.7 Å². The first-order valence-electron chi connectivity index (χ1n) is 8.84. The Kier molecular flexibility index (Phi) is 6.55. The third kappa shape index (κ3) is 4.83. The highest BCUT2D eigenvalue weighted by Gasteiger charge is 2.21. The van der Waals surface area contributed by atoms with Gasteiger partial charge in [0, 0.05) is 22.6 Å². The zero-order chi connectivity index (χ0) is 22.4. The van der Waals surface area contributed by atoms with Crippen LogP contribution in [0.2, 0.25) is 0 Å². The summed E-state index contributed by atoms with van der Waals surface area (Å²) in [5, 5.41) is 41.8. The highest BCUT2D eigenvalue weighted by Crippen LogP contribution is 2.38. The summed E-state index contributed by atoms with van der Waals surface area (Å²) in [4.78, 5) is 19.9. The van der Waals surface area contributed by atoms with Gasteiger partial charge in [0.15, 0.2) is 17.3 Å². The summed E-state index contributed by atoms with van der Waals surface area (Å²) in [6.07, 6.45) is 0. The lowest BCUT2D eigenvalue weighted by Crippen LogP contribution is -2.15. The Morgan fingerprint density at radius 2 is 1.74 bits per heavy atom. The maximum absolute atomic E-state index is 13.0. The molecular formula is C19H17N3O9. The molecule has 3 aromatic rings. The number of hydrogen-bond acceptors (Lipinski definition) is 10. The number of fused-ring (bicyclic) bond motifs is 1. The number of hydrogen-bond donors (Lipinski definition) is 4. The highest BCUT2D eigenvalue weighted by molar-refractivity contribution is 5.88. The van der Waals surface area contributed by atoms with Crippen molar-refractivity contribution >= 4 is 11.0 Å². The van der Waals surface area contributed by atoms with Crippen LogP contribution in [0.25, 0.3) is 32.7 Å². The number of azide groups is 1. The Bertz CT molecular complexity index is 1200.